The average Bonchev–Trinajstić information content (AvgIpc) is 3.03. The number of aromatic nitrogens is 1. The first-order valence-electron chi connectivity index (χ1n) is 7.87. The number of rotatable bonds is 7. The molecule has 7 heteroatoms. The normalized spacial score (nSPS) is 11.6. The summed E-state index contributed by atoms with van der Waals surface area (Å²) in [5.41, 5.74) is 0.956. The molecule has 0 bridgehead atoms. The second-order valence-corrected chi connectivity index (χ2v) is 6.45. The summed E-state index contributed by atoms with van der Waals surface area (Å²) in [5, 5.41) is 10.4. The van der Waals surface area contributed by atoms with Gasteiger partial charge in [0, 0.05) is 17.6 Å². The second kappa shape index (κ2) is 9.32. The lowest BCUT2D eigenvalue weighted by molar-refractivity contribution is 0.321. The van der Waals surface area contributed by atoms with Crippen molar-refractivity contribution in [1.82, 2.24) is 15.8 Å². The molecule has 0 saturated carbocycles. The first-order chi connectivity index (χ1) is 11.6. The lowest BCUT2D eigenvalue weighted by atomic mass is 10.1. The van der Waals surface area contributed by atoms with Crippen LogP contribution in [0.15, 0.2) is 44.3 Å². The first-order valence-corrected chi connectivity index (χ1v) is 8.66. The smallest absolute Gasteiger partial charge is 0.191 e. The molecule has 0 fully saturated rings. The first kappa shape index (κ1) is 18.3. The molecule has 0 radical (unpaired) electrons. The summed E-state index contributed by atoms with van der Waals surface area (Å²) in [4.78, 5) is 4.17. The van der Waals surface area contributed by atoms with E-state index in [9.17, 15) is 0 Å². The summed E-state index contributed by atoms with van der Waals surface area (Å²) in [6, 6.07) is 9.72. The van der Waals surface area contributed by atoms with E-state index >= 15 is 0 Å². The molecule has 0 atom stereocenters. The Morgan fingerprint density at radius 3 is 2.83 bits per heavy atom. The van der Waals surface area contributed by atoms with Gasteiger partial charge in [0.15, 0.2) is 11.7 Å². The Morgan fingerprint density at radius 2 is 2.17 bits per heavy atom. The van der Waals surface area contributed by atoms with Crippen molar-refractivity contribution in [1.29, 1.82) is 0 Å². The largest absolute Gasteiger partial charge is 0.492 e. The van der Waals surface area contributed by atoms with Crippen LogP contribution in [-0.2, 0) is 6.54 Å². The van der Waals surface area contributed by atoms with E-state index < -0.39 is 0 Å². The Bertz CT molecular complexity index is 670. The van der Waals surface area contributed by atoms with Crippen molar-refractivity contribution in [3.8, 4) is 5.75 Å². The van der Waals surface area contributed by atoms with E-state index in [1.807, 2.05) is 30.3 Å². The van der Waals surface area contributed by atoms with Gasteiger partial charge in [-0.25, -0.2) is 0 Å². The zero-order valence-electron chi connectivity index (χ0n) is 14.2. The van der Waals surface area contributed by atoms with Gasteiger partial charge in [-0.2, -0.15) is 0 Å². The number of halogens is 1. The Morgan fingerprint density at radius 1 is 1.33 bits per heavy atom. The fourth-order valence-electron chi connectivity index (χ4n) is 1.97. The lowest BCUT2D eigenvalue weighted by Crippen LogP contribution is -2.38. The maximum Gasteiger partial charge on any atom is 0.191 e. The zero-order chi connectivity index (χ0) is 17.4. The van der Waals surface area contributed by atoms with Crippen molar-refractivity contribution in [2.45, 2.75) is 26.3 Å². The summed E-state index contributed by atoms with van der Waals surface area (Å²) >= 11 is 3.42. The number of hydrogen-bond acceptors (Lipinski definition) is 4. The predicted octanol–water partition coefficient (Wildman–Crippen LogP) is 3.30. The summed E-state index contributed by atoms with van der Waals surface area (Å²) in [7, 11) is 1.73. The maximum atomic E-state index is 5.67. The molecule has 1 aromatic carbocycles. The molecule has 6 nitrogen and oxygen atoms in total. The van der Waals surface area contributed by atoms with E-state index in [1.165, 1.54) is 0 Å². The van der Waals surface area contributed by atoms with Gasteiger partial charge in [-0.1, -0.05) is 41.0 Å². The number of hydrogen-bond donors (Lipinski definition) is 2. The molecular formula is C17H23BrN4O2. The van der Waals surface area contributed by atoms with Gasteiger partial charge in [0.05, 0.1) is 18.8 Å². The van der Waals surface area contributed by atoms with Crippen LogP contribution in [0.2, 0.25) is 0 Å². The predicted molar refractivity (Wildman–Crippen MR) is 98.4 cm³/mol. The van der Waals surface area contributed by atoms with E-state index in [4.69, 9.17) is 9.26 Å². The fourth-order valence-corrected chi connectivity index (χ4v) is 2.35. The molecule has 1 heterocycles. The molecule has 0 unspecified atom stereocenters. The van der Waals surface area contributed by atoms with Crippen molar-refractivity contribution >= 4 is 21.9 Å². The van der Waals surface area contributed by atoms with Gasteiger partial charge in [0.1, 0.15) is 12.4 Å². The van der Waals surface area contributed by atoms with Gasteiger partial charge in [0.2, 0.25) is 0 Å². The molecule has 1 aromatic heterocycles. The number of benzene rings is 1. The Balaban J connectivity index is 1.70. The molecule has 130 valence electrons. The van der Waals surface area contributed by atoms with Crippen LogP contribution >= 0.6 is 15.9 Å². The molecule has 0 spiro atoms. The van der Waals surface area contributed by atoms with Gasteiger partial charge < -0.3 is 19.9 Å². The van der Waals surface area contributed by atoms with E-state index in [0.29, 0.717) is 31.6 Å². The molecule has 0 saturated heterocycles. The van der Waals surface area contributed by atoms with Crippen LogP contribution in [0, 0.1) is 0 Å². The van der Waals surface area contributed by atoms with Gasteiger partial charge in [-0.15, -0.1) is 0 Å². The van der Waals surface area contributed by atoms with Crippen LogP contribution in [0.4, 0.5) is 0 Å². The number of aliphatic imine (C=N–C) groups is 1. The fraction of sp³-hybridized carbons (Fsp3) is 0.412. The van der Waals surface area contributed by atoms with Crippen LogP contribution in [0.25, 0.3) is 0 Å². The van der Waals surface area contributed by atoms with Gasteiger partial charge in [-0.05, 0) is 24.1 Å². The highest BCUT2D eigenvalue weighted by atomic mass is 79.9. The van der Waals surface area contributed by atoms with E-state index in [-0.39, 0.29) is 0 Å². The van der Waals surface area contributed by atoms with E-state index in [0.717, 1.165) is 21.7 Å². The van der Waals surface area contributed by atoms with Crippen LogP contribution in [0.3, 0.4) is 0 Å². The van der Waals surface area contributed by atoms with Gasteiger partial charge >= 0.3 is 0 Å². The summed E-state index contributed by atoms with van der Waals surface area (Å²) in [5.74, 6) is 2.66. The molecule has 0 aliphatic rings. The second-order valence-electron chi connectivity index (χ2n) is 5.53. The molecule has 0 aliphatic carbocycles. The Kier molecular flexibility index (Phi) is 7.11. The third kappa shape index (κ3) is 5.88. The van der Waals surface area contributed by atoms with Crippen molar-refractivity contribution in [2.24, 2.45) is 4.99 Å². The summed E-state index contributed by atoms with van der Waals surface area (Å²) in [6.45, 7) is 5.88. The minimum absolute atomic E-state index is 0.357. The van der Waals surface area contributed by atoms with Gasteiger partial charge in [-0.3, -0.25) is 4.99 Å². The zero-order valence-corrected chi connectivity index (χ0v) is 15.8. The third-order valence-electron chi connectivity index (χ3n) is 3.28. The van der Waals surface area contributed by atoms with Crippen LogP contribution < -0.4 is 15.4 Å². The Labute approximate surface area is 150 Å². The van der Waals surface area contributed by atoms with Crippen molar-refractivity contribution in [3.63, 3.8) is 0 Å². The molecule has 0 amide bonds. The van der Waals surface area contributed by atoms with Crippen molar-refractivity contribution in [2.75, 3.05) is 20.2 Å². The topological polar surface area (TPSA) is 71.7 Å². The molecule has 2 N–H and O–H groups in total. The molecular weight excluding hydrogens is 372 g/mol. The highest BCUT2D eigenvalue weighted by Gasteiger charge is 2.08. The quantitative estimate of drug-likeness (QED) is 0.428. The minimum atomic E-state index is 0.357. The third-order valence-corrected chi connectivity index (χ3v) is 3.77. The molecule has 2 aromatic rings. The average molecular weight is 395 g/mol. The molecule has 2 rings (SSSR count). The Hall–Kier alpha value is -2.02. The van der Waals surface area contributed by atoms with Crippen LogP contribution in [0.1, 0.15) is 31.2 Å². The SMILES string of the molecule is CN=C(NCCOc1cccc(Br)c1)NCc1cc(C(C)C)no1. The molecule has 24 heavy (non-hydrogen) atoms. The number of ether oxygens (including phenoxy) is 1. The van der Waals surface area contributed by atoms with E-state index in [2.05, 4.69) is 50.6 Å². The number of guanidine groups is 1. The lowest BCUT2D eigenvalue weighted by Gasteiger charge is -2.11. The highest BCUT2D eigenvalue weighted by Crippen LogP contribution is 2.17. The monoisotopic (exact) mass is 394 g/mol. The minimum Gasteiger partial charge on any atom is -0.492 e. The molecule has 0 aliphatic heterocycles. The summed E-state index contributed by atoms with van der Waals surface area (Å²) < 4.78 is 12.0. The summed E-state index contributed by atoms with van der Waals surface area (Å²) in [6.07, 6.45) is 0. The number of nitrogens with one attached hydrogen (secondary N) is 2. The van der Waals surface area contributed by atoms with Crippen LogP contribution in [-0.4, -0.2) is 31.3 Å². The van der Waals surface area contributed by atoms with Gasteiger partial charge in [0.25, 0.3) is 0 Å². The standard InChI is InChI=1S/C17H23BrN4O2/c1-12(2)16-10-15(24-22-16)11-21-17(19-3)20-7-8-23-14-6-4-5-13(18)9-14/h4-6,9-10,12H,7-8,11H2,1-3H3,(H2,19,20,21). The maximum absolute atomic E-state index is 5.67. The number of nitrogens with zero attached hydrogens (tertiary/aromatic N) is 2. The van der Waals surface area contributed by atoms with Crippen molar-refractivity contribution < 1.29 is 9.26 Å². The van der Waals surface area contributed by atoms with E-state index in [1.54, 1.807) is 7.05 Å². The van der Waals surface area contributed by atoms with Crippen LogP contribution in [0.5, 0.6) is 5.75 Å². The van der Waals surface area contributed by atoms with Crippen molar-refractivity contribution in [3.05, 3.63) is 46.3 Å². The highest BCUT2D eigenvalue weighted by molar-refractivity contribution is 9.10.